The van der Waals surface area contributed by atoms with Crippen molar-refractivity contribution in [2.75, 3.05) is 26.8 Å². The van der Waals surface area contributed by atoms with Gasteiger partial charge in [0.25, 0.3) is 0 Å². The number of carbonyl (C=O) groups excluding carboxylic acids is 1. The lowest BCUT2D eigenvalue weighted by atomic mass is 9.86. The van der Waals surface area contributed by atoms with E-state index in [-0.39, 0.29) is 11.8 Å². The number of nitrogens with zero attached hydrogens (tertiary/aromatic N) is 2. The number of hydrogen-bond acceptors (Lipinski definition) is 5. The zero-order valence-corrected chi connectivity index (χ0v) is 16.4. The van der Waals surface area contributed by atoms with Crippen molar-refractivity contribution in [2.24, 2.45) is 5.92 Å². The van der Waals surface area contributed by atoms with Crippen molar-refractivity contribution < 1.29 is 19.4 Å². The van der Waals surface area contributed by atoms with Gasteiger partial charge in [0.05, 0.1) is 18.7 Å². The zero-order chi connectivity index (χ0) is 19.7. The molecule has 2 aliphatic rings. The normalized spacial score (nSPS) is 20.8. The number of aromatic nitrogens is 1. The average molecular weight is 382 g/mol. The highest BCUT2D eigenvalue weighted by Gasteiger charge is 2.38. The van der Waals surface area contributed by atoms with Gasteiger partial charge in [-0.3, -0.25) is 9.78 Å². The van der Waals surface area contributed by atoms with E-state index in [9.17, 15) is 9.90 Å². The van der Waals surface area contributed by atoms with Crippen LogP contribution < -0.4 is 9.47 Å². The molecule has 28 heavy (non-hydrogen) atoms. The summed E-state index contributed by atoms with van der Waals surface area (Å²) >= 11 is 0. The average Bonchev–Trinajstić information content (AvgIpc) is 2.73. The third kappa shape index (κ3) is 3.56. The van der Waals surface area contributed by atoms with Crippen molar-refractivity contribution in [1.82, 2.24) is 9.88 Å². The minimum Gasteiger partial charge on any atom is -0.497 e. The number of hydrogen-bond donors (Lipinski definition) is 1. The predicted octanol–water partition coefficient (Wildman–Crippen LogP) is 2.46. The molecule has 2 aromatic rings. The first-order valence-corrected chi connectivity index (χ1v) is 9.72. The van der Waals surface area contributed by atoms with Crippen molar-refractivity contribution in [3.05, 3.63) is 53.3 Å². The molecule has 0 bridgehead atoms. The van der Waals surface area contributed by atoms with Gasteiger partial charge in [-0.2, -0.15) is 0 Å². The van der Waals surface area contributed by atoms with Gasteiger partial charge in [-0.25, -0.2) is 0 Å². The molecule has 1 fully saturated rings. The highest BCUT2D eigenvalue weighted by molar-refractivity contribution is 5.80. The van der Waals surface area contributed by atoms with E-state index in [4.69, 9.17) is 9.47 Å². The summed E-state index contributed by atoms with van der Waals surface area (Å²) in [5.41, 5.74) is 1.79. The predicted molar refractivity (Wildman–Crippen MR) is 104 cm³/mol. The van der Waals surface area contributed by atoms with Crippen LogP contribution in [0.1, 0.15) is 29.7 Å². The molecule has 6 heteroatoms. The fourth-order valence-corrected chi connectivity index (χ4v) is 4.01. The Morgan fingerprint density at radius 3 is 2.75 bits per heavy atom. The number of amides is 1. The number of piperidine rings is 1. The highest BCUT2D eigenvalue weighted by Crippen LogP contribution is 2.34. The van der Waals surface area contributed by atoms with E-state index in [0.717, 1.165) is 22.6 Å². The lowest BCUT2D eigenvalue weighted by Gasteiger charge is -2.39. The molecule has 1 amide bonds. The summed E-state index contributed by atoms with van der Waals surface area (Å²) in [6, 6.07) is 9.54. The maximum absolute atomic E-state index is 13.0. The van der Waals surface area contributed by atoms with Gasteiger partial charge >= 0.3 is 0 Å². The van der Waals surface area contributed by atoms with Crippen LogP contribution >= 0.6 is 0 Å². The van der Waals surface area contributed by atoms with Gasteiger partial charge in [0.2, 0.25) is 5.91 Å². The number of fused-ring (bicyclic) bond motifs is 1. The molecule has 0 aliphatic carbocycles. The van der Waals surface area contributed by atoms with E-state index in [1.807, 2.05) is 42.2 Å². The van der Waals surface area contributed by atoms with E-state index >= 15 is 0 Å². The summed E-state index contributed by atoms with van der Waals surface area (Å²) in [5, 5.41) is 11.0. The Balaban J connectivity index is 1.41. The number of methoxy groups -OCH3 is 1. The van der Waals surface area contributed by atoms with E-state index in [1.165, 1.54) is 0 Å². The van der Waals surface area contributed by atoms with Crippen LogP contribution in [0.15, 0.2) is 36.5 Å². The SMILES string of the molecule is COc1ccc2c(c1)C[C@H](C(=O)N1CCC(O)(c3ccc(C)cn3)CC1)CO2. The second kappa shape index (κ2) is 7.43. The number of benzene rings is 1. The molecule has 1 saturated heterocycles. The molecular weight excluding hydrogens is 356 g/mol. The first-order valence-electron chi connectivity index (χ1n) is 9.72. The van der Waals surface area contributed by atoms with Crippen LogP contribution in [0.5, 0.6) is 11.5 Å². The molecule has 1 atom stereocenters. The summed E-state index contributed by atoms with van der Waals surface area (Å²) in [5.74, 6) is 1.48. The second-order valence-corrected chi connectivity index (χ2v) is 7.76. The molecule has 1 N–H and O–H groups in total. The first-order chi connectivity index (χ1) is 13.5. The van der Waals surface area contributed by atoms with Crippen LogP contribution in [-0.4, -0.2) is 47.7 Å². The Bertz CT molecular complexity index is 857. The molecule has 1 aromatic carbocycles. The fourth-order valence-electron chi connectivity index (χ4n) is 4.01. The number of rotatable bonds is 3. The summed E-state index contributed by atoms with van der Waals surface area (Å²) < 4.78 is 11.1. The zero-order valence-electron chi connectivity index (χ0n) is 16.4. The molecular formula is C22H26N2O4. The molecule has 4 rings (SSSR count). The fraction of sp³-hybridized carbons (Fsp3) is 0.455. The van der Waals surface area contributed by atoms with E-state index in [0.29, 0.717) is 44.7 Å². The molecule has 0 spiro atoms. The van der Waals surface area contributed by atoms with Gasteiger partial charge in [0.15, 0.2) is 0 Å². The van der Waals surface area contributed by atoms with Crippen molar-refractivity contribution in [1.29, 1.82) is 0 Å². The van der Waals surface area contributed by atoms with Crippen LogP contribution in [0.25, 0.3) is 0 Å². The van der Waals surface area contributed by atoms with Crippen LogP contribution in [0, 0.1) is 12.8 Å². The quantitative estimate of drug-likeness (QED) is 0.883. The van der Waals surface area contributed by atoms with Gasteiger partial charge < -0.3 is 19.5 Å². The van der Waals surface area contributed by atoms with Gasteiger partial charge in [0, 0.05) is 19.3 Å². The van der Waals surface area contributed by atoms with Gasteiger partial charge in [-0.1, -0.05) is 6.07 Å². The third-order valence-electron chi connectivity index (χ3n) is 5.81. The van der Waals surface area contributed by atoms with Crippen molar-refractivity contribution in [3.8, 4) is 11.5 Å². The number of pyridine rings is 1. The first kappa shape index (κ1) is 18.7. The number of likely N-dealkylation sites (tertiary alicyclic amines) is 1. The Morgan fingerprint density at radius 1 is 1.29 bits per heavy atom. The molecule has 2 aliphatic heterocycles. The molecule has 0 unspecified atom stereocenters. The molecule has 0 saturated carbocycles. The molecule has 1 aromatic heterocycles. The summed E-state index contributed by atoms with van der Waals surface area (Å²) in [7, 11) is 1.63. The van der Waals surface area contributed by atoms with E-state index < -0.39 is 5.60 Å². The number of aliphatic hydroxyl groups is 1. The van der Waals surface area contributed by atoms with Crippen LogP contribution in [0.3, 0.4) is 0 Å². The van der Waals surface area contributed by atoms with Crippen molar-refractivity contribution in [2.45, 2.75) is 31.8 Å². The Kier molecular flexibility index (Phi) is 4.98. The summed E-state index contributed by atoms with van der Waals surface area (Å²) in [4.78, 5) is 19.3. The summed E-state index contributed by atoms with van der Waals surface area (Å²) in [6.07, 6.45) is 3.40. The monoisotopic (exact) mass is 382 g/mol. The largest absolute Gasteiger partial charge is 0.497 e. The maximum atomic E-state index is 13.0. The van der Waals surface area contributed by atoms with E-state index in [2.05, 4.69) is 4.98 Å². The molecule has 0 radical (unpaired) electrons. The third-order valence-corrected chi connectivity index (χ3v) is 5.81. The number of carbonyl (C=O) groups is 1. The molecule has 148 valence electrons. The van der Waals surface area contributed by atoms with Crippen LogP contribution in [-0.2, 0) is 16.8 Å². The minimum atomic E-state index is -0.965. The van der Waals surface area contributed by atoms with Crippen molar-refractivity contribution in [3.63, 3.8) is 0 Å². The lowest BCUT2D eigenvalue weighted by Crippen LogP contribution is -2.49. The second-order valence-electron chi connectivity index (χ2n) is 7.76. The highest BCUT2D eigenvalue weighted by atomic mass is 16.5. The van der Waals surface area contributed by atoms with Crippen LogP contribution in [0.2, 0.25) is 0 Å². The van der Waals surface area contributed by atoms with Gasteiger partial charge in [-0.05, 0) is 61.6 Å². The smallest absolute Gasteiger partial charge is 0.229 e. The van der Waals surface area contributed by atoms with Crippen molar-refractivity contribution >= 4 is 5.91 Å². The van der Waals surface area contributed by atoms with Gasteiger partial charge in [0.1, 0.15) is 23.7 Å². The lowest BCUT2D eigenvalue weighted by molar-refractivity contribution is -0.141. The van der Waals surface area contributed by atoms with Crippen LogP contribution in [0.4, 0.5) is 0 Å². The Morgan fingerprint density at radius 2 is 2.07 bits per heavy atom. The number of aryl methyl sites for hydroxylation is 1. The Labute approximate surface area is 165 Å². The standard InChI is InChI=1S/C22H26N2O4/c1-15-3-6-20(23-13-15)22(26)7-9-24(10-8-22)21(25)17-11-16-12-18(27-2)4-5-19(16)28-14-17/h3-6,12-13,17,26H,7-11,14H2,1-2H3/t17-/m0/s1. The van der Waals surface area contributed by atoms with E-state index in [1.54, 1.807) is 13.3 Å². The van der Waals surface area contributed by atoms with Gasteiger partial charge in [-0.15, -0.1) is 0 Å². The summed E-state index contributed by atoms with van der Waals surface area (Å²) in [6.45, 7) is 3.40. The Hall–Kier alpha value is -2.60. The number of ether oxygens (including phenoxy) is 2. The molecule has 3 heterocycles. The minimum absolute atomic E-state index is 0.0902. The molecule has 6 nitrogen and oxygen atoms in total. The maximum Gasteiger partial charge on any atom is 0.229 e. The topological polar surface area (TPSA) is 71.9 Å².